The number of rotatable bonds is 2. The molecular weight excluding hydrogens is 208 g/mol. The van der Waals surface area contributed by atoms with Crippen LogP contribution in [0.5, 0.6) is 0 Å². The molecule has 0 nitrogen and oxygen atoms in total. The Morgan fingerprint density at radius 2 is 2.40 bits per heavy atom. The summed E-state index contributed by atoms with van der Waals surface area (Å²) in [5.74, 6) is 0.665. The van der Waals surface area contributed by atoms with E-state index in [4.69, 9.17) is 0 Å². The summed E-state index contributed by atoms with van der Waals surface area (Å²) in [7, 11) is 0. The van der Waals surface area contributed by atoms with Crippen molar-refractivity contribution < 1.29 is 0 Å². The van der Waals surface area contributed by atoms with Crippen LogP contribution in [-0.2, 0) is 0 Å². The summed E-state index contributed by atoms with van der Waals surface area (Å²) in [6.07, 6.45) is 0. The van der Waals surface area contributed by atoms with Gasteiger partial charge < -0.3 is 0 Å². The summed E-state index contributed by atoms with van der Waals surface area (Å²) < 4.78 is 0. The van der Waals surface area contributed by atoms with E-state index in [0.717, 1.165) is 5.33 Å². The average molecular weight is 219 g/mol. The second kappa shape index (κ2) is 3.54. The van der Waals surface area contributed by atoms with Crippen molar-refractivity contribution in [2.45, 2.75) is 19.8 Å². The smallest absolute Gasteiger partial charge is 0.0105 e. The Morgan fingerprint density at radius 3 is 2.80 bits per heavy atom. The van der Waals surface area contributed by atoms with Crippen LogP contribution in [0, 0.1) is 6.92 Å². The first-order valence-corrected chi connectivity index (χ1v) is 5.35. The molecule has 56 valence electrons. The second-order valence-electron chi connectivity index (χ2n) is 2.58. The van der Waals surface area contributed by atoms with E-state index in [0.29, 0.717) is 5.92 Å². The maximum atomic E-state index is 3.47. The van der Waals surface area contributed by atoms with Crippen molar-refractivity contribution in [3.05, 3.63) is 21.9 Å². The minimum absolute atomic E-state index is 0.665. The summed E-state index contributed by atoms with van der Waals surface area (Å²) in [5, 5.41) is 3.27. The van der Waals surface area contributed by atoms with E-state index in [1.54, 1.807) is 0 Å². The molecule has 1 aromatic heterocycles. The van der Waals surface area contributed by atoms with Crippen LogP contribution in [0.25, 0.3) is 0 Å². The van der Waals surface area contributed by atoms with Crippen LogP contribution in [0.1, 0.15) is 23.3 Å². The molecule has 0 aromatic carbocycles. The van der Waals surface area contributed by atoms with Crippen LogP contribution in [0.3, 0.4) is 0 Å². The predicted octanol–water partition coefficient (Wildman–Crippen LogP) is 3.55. The lowest BCUT2D eigenvalue weighted by molar-refractivity contribution is 0.911. The molecule has 0 saturated heterocycles. The SMILES string of the molecule is Cc1csc(C(C)CBr)c1. The van der Waals surface area contributed by atoms with Gasteiger partial charge in [0.2, 0.25) is 0 Å². The Labute approximate surface area is 74.4 Å². The van der Waals surface area contributed by atoms with E-state index in [1.165, 1.54) is 10.4 Å². The van der Waals surface area contributed by atoms with Crippen LogP contribution in [0.15, 0.2) is 11.4 Å². The minimum atomic E-state index is 0.665. The first-order chi connectivity index (χ1) is 4.74. The van der Waals surface area contributed by atoms with Crippen LogP contribution in [-0.4, -0.2) is 5.33 Å². The van der Waals surface area contributed by atoms with E-state index in [2.05, 4.69) is 41.2 Å². The van der Waals surface area contributed by atoms with Gasteiger partial charge in [0.25, 0.3) is 0 Å². The van der Waals surface area contributed by atoms with Crippen LogP contribution in [0.2, 0.25) is 0 Å². The molecule has 0 spiro atoms. The van der Waals surface area contributed by atoms with E-state index in [9.17, 15) is 0 Å². The van der Waals surface area contributed by atoms with Gasteiger partial charge in [0.15, 0.2) is 0 Å². The Bertz CT molecular complexity index is 205. The molecule has 0 N–H and O–H groups in total. The molecule has 0 aliphatic rings. The van der Waals surface area contributed by atoms with Gasteiger partial charge in [-0.3, -0.25) is 0 Å². The highest BCUT2D eigenvalue weighted by atomic mass is 79.9. The third-order valence-electron chi connectivity index (χ3n) is 1.47. The molecule has 2 heteroatoms. The third-order valence-corrected chi connectivity index (χ3v) is 3.72. The van der Waals surface area contributed by atoms with Crippen LogP contribution >= 0.6 is 27.3 Å². The van der Waals surface area contributed by atoms with Crippen molar-refractivity contribution >= 4 is 27.3 Å². The quantitative estimate of drug-likeness (QED) is 0.667. The van der Waals surface area contributed by atoms with Gasteiger partial charge in [-0.05, 0) is 23.9 Å². The van der Waals surface area contributed by atoms with E-state index >= 15 is 0 Å². The molecule has 0 aliphatic carbocycles. The summed E-state index contributed by atoms with van der Waals surface area (Å²) in [4.78, 5) is 1.48. The second-order valence-corrected chi connectivity index (χ2v) is 4.17. The Morgan fingerprint density at radius 1 is 1.70 bits per heavy atom. The van der Waals surface area contributed by atoms with Gasteiger partial charge in [-0.2, -0.15) is 0 Å². The molecule has 1 rings (SSSR count). The first kappa shape index (κ1) is 8.28. The summed E-state index contributed by atoms with van der Waals surface area (Å²) in [6.45, 7) is 4.38. The predicted molar refractivity (Wildman–Crippen MR) is 51.3 cm³/mol. The lowest BCUT2D eigenvalue weighted by Gasteiger charge is -2.01. The van der Waals surface area contributed by atoms with E-state index in [-0.39, 0.29) is 0 Å². The van der Waals surface area contributed by atoms with Crippen molar-refractivity contribution in [3.8, 4) is 0 Å². The number of aryl methyl sites for hydroxylation is 1. The lowest BCUT2D eigenvalue weighted by Crippen LogP contribution is -1.88. The largest absolute Gasteiger partial charge is 0.148 e. The molecule has 0 bridgehead atoms. The zero-order valence-electron chi connectivity index (χ0n) is 6.23. The van der Waals surface area contributed by atoms with Gasteiger partial charge in [0.1, 0.15) is 0 Å². The third kappa shape index (κ3) is 1.83. The molecule has 1 aromatic rings. The van der Waals surface area contributed by atoms with Gasteiger partial charge in [-0.25, -0.2) is 0 Å². The van der Waals surface area contributed by atoms with Gasteiger partial charge in [-0.15, -0.1) is 11.3 Å². The molecule has 1 atom stereocenters. The molecular formula is C8H11BrS. The van der Waals surface area contributed by atoms with Crippen molar-refractivity contribution in [2.24, 2.45) is 0 Å². The van der Waals surface area contributed by atoms with Crippen molar-refractivity contribution in [1.29, 1.82) is 0 Å². The Balaban J connectivity index is 2.74. The van der Waals surface area contributed by atoms with Gasteiger partial charge in [0.05, 0.1) is 0 Å². The summed E-state index contributed by atoms with van der Waals surface area (Å²) in [5.41, 5.74) is 1.38. The standard InChI is InChI=1S/C8H11BrS/c1-6-3-8(10-5-6)7(2)4-9/h3,5,7H,4H2,1-2H3. The number of halogens is 1. The molecule has 0 aliphatic heterocycles. The molecule has 0 saturated carbocycles. The van der Waals surface area contributed by atoms with Crippen LogP contribution in [0.4, 0.5) is 0 Å². The molecule has 10 heavy (non-hydrogen) atoms. The summed E-state index contributed by atoms with van der Waals surface area (Å²) >= 11 is 5.32. The minimum Gasteiger partial charge on any atom is -0.148 e. The number of hydrogen-bond donors (Lipinski definition) is 0. The normalized spacial score (nSPS) is 13.5. The fourth-order valence-corrected chi connectivity index (χ4v) is 2.31. The highest BCUT2D eigenvalue weighted by Crippen LogP contribution is 2.24. The number of thiophene rings is 1. The monoisotopic (exact) mass is 218 g/mol. The van der Waals surface area contributed by atoms with Crippen molar-refractivity contribution in [3.63, 3.8) is 0 Å². The Hall–Kier alpha value is 0.180. The first-order valence-electron chi connectivity index (χ1n) is 3.35. The molecule has 0 fully saturated rings. The molecule has 1 unspecified atom stereocenters. The maximum Gasteiger partial charge on any atom is 0.0105 e. The van der Waals surface area contributed by atoms with Crippen molar-refractivity contribution in [2.75, 3.05) is 5.33 Å². The fourth-order valence-electron chi connectivity index (χ4n) is 0.788. The molecule has 1 heterocycles. The van der Waals surface area contributed by atoms with E-state index in [1.807, 2.05) is 11.3 Å². The van der Waals surface area contributed by atoms with Gasteiger partial charge >= 0.3 is 0 Å². The average Bonchev–Trinajstić information content (AvgIpc) is 2.34. The van der Waals surface area contributed by atoms with Crippen LogP contribution < -0.4 is 0 Å². The zero-order valence-corrected chi connectivity index (χ0v) is 8.63. The fraction of sp³-hybridized carbons (Fsp3) is 0.500. The Kier molecular flexibility index (Phi) is 2.93. The molecule has 0 amide bonds. The summed E-state index contributed by atoms with van der Waals surface area (Å²) in [6, 6.07) is 2.26. The molecule has 0 radical (unpaired) electrons. The highest BCUT2D eigenvalue weighted by molar-refractivity contribution is 9.09. The lowest BCUT2D eigenvalue weighted by atomic mass is 10.2. The van der Waals surface area contributed by atoms with Crippen molar-refractivity contribution in [1.82, 2.24) is 0 Å². The van der Waals surface area contributed by atoms with Gasteiger partial charge in [-0.1, -0.05) is 22.9 Å². The zero-order chi connectivity index (χ0) is 7.56. The van der Waals surface area contributed by atoms with Gasteiger partial charge in [0, 0.05) is 16.1 Å². The number of hydrogen-bond acceptors (Lipinski definition) is 1. The van der Waals surface area contributed by atoms with E-state index < -0.39 is 0 Å². The number of alkyl halides is 1. The topological polar surface area (TPSA) is 0 Å². The maximum absolute atomic E-state index is 3.47. The highest BCUT2D eigenvalue weighted by Gasteiger charge is 2.04.